The van der Waals surface area contributed by atoms with E-state index in [1.54, 1.807) is 0 Å². The van der Waals surface area contributed by atoms with Gasteiger partial charge in [-0.1, -0.05) is 25.1 Å². The zero-order valence-corrected chi connectivity index (χ0v) is 11.5. The Balaban J connectivity index is 1.68. The molecule has 1 aromatic carbocycles. The molecule has 0 saturated carbocycles. The van der Waals surface area contributed by atoms with E-state index >= 15 is 0 Å². The number of anilines is 1. The smallest absolute Gasteiger partial charge is 0.0703 e. The van der Waals surface area contributed by atoms with Crippen molar-refractivity contribution in [3.63, 3.8) is 0 Å². The number of likely N-dealkylation sites (tertiary alicyclic amines) is 1. The van der Waals surface area contributed by atoms with Crippen LogP contribution in [0.2, 0.25) is 0 Å². The van der Waals surface area contributed by atoms with E-state index < -0.39 is 0 Å². The van der Waals surface area contributed by atoms with Gasteiger partial charge in [-0.15, -0.1) is 0 Å². The highest BCUT2D eigenvalue weighted by Gasteiger charge is 2.17. The summed E-state index contributed by atoms with van der Waals surface area (Å²) in [5.74, 6) is 0. The number of nitrogens with one attached hydrogen (secondary N) is 1. The third-order valence-electron chi connectivity index (χ3n) is 4.00. The Labute approximate surface area is 114 Å². The first-order valence-electron chi connectivity index (χ1n) is 7.19. The van der Waals surface area contributed by atoms with Crippen LogP contribution in [-0.2, 0) is 0 Å². The second-order valence-electron chi connectivity index (χ2n) is 5.27. The maximum atomic E-state index is 4.50. The van der Waals surface area contributed by atoms with E-state index in [9.17, 15) is 0 Å². The van der Waals surface area contributed by atoms with Gasteiger partial charge in [0.25, 0.3) is 0 Å². The number of piperidine rings is 1. The summed E-state index contributed by atoms with van der Waals surface area (Å²) in [5.41, 5.74) is 2.21. The van der Waals surface area contributed by atoms with Gasteiger partial charge in [0.15, 0.2) is 0 Å². The van der Waals surface area contributed by atoms with Crippen LogP contribution in [0.1, 0.15) is 19.8 Å². The highest BCUT2D eigenvalue weighted by molar-refractivity contribution is 5.81. The zero-order chi connectivity index (χ0) is 13.1. The van der Waals surface area contributed by atoms with Gasteiger partial charge in [0.05, 0.1) is 17.4 Å². The van der Waals surface area contributed by atoms with Crippen molar-refractivity contribution in [3.05, 3.63) is 36.5 Å². The number of para-hydroxylation sites is 1. The highest BCUT2D eigenvalue weighted by Crippen LogP contribution is 2.19. The lowest BCUT2D eigenvalue weighted by molar-refractivity contribution is 0.229. The van der Waals surface area contributed by atoms with E-state index in [0.29, 0.717) is 6.04 Å². The number of aromatic nitrogens is 1. The van der Waals surface area contributed by atoms with E-state index in [-0.39, 0.29) is 0 Å². The van der Waals surface area contributed by atoms with Crippen molar-refractivity contribution < 1.29 is 0 Å². The number of hydrogen-bond donors (Lipinski definition) is 1. The quantitative estimate of drug-likeness (QED) is 0.913. The van der Waals surface area contributed by atoms with Crippen molar-refractivity contribution >= 4 is 16.6 Å². The number of nitrogens with zero attached hydrogens (tertiary/aromatic N) is 2. The Morgan fingerprint density at radius 3 is 2.84 bits per heavy atom. The summed E-state index contributed by atoms with van der Waals surface area (Å²) in [6.07, 6.45) is 4.40. The molecular formula is C16H21N3. The number of pyridine rings is 1. The maximum absolute atomic E-state index is 4.50. The molecule has 0 bridgehead atoms. The van der Waals surface area contributed by atoms with Crippen LogP contribution in [0.5, 0.6) is 0 Å². The molecule has 1 aromatic heterocycles. The van der Waals surface area contributed by atoms with E-state index in [1.165, 1.54) is 37.9 Å². The van der Waals surface area contributed by atoms with Crippen LogP contribution < -0.4 is 5.32 Å². The molecule has 1 saturated heterocycles. The fourth-order valence-electron chi connectivity index (χ4n) is 2.78. The van der Waals surface area contributed by atoms with Gasteiger partial charge in [0.2, 0.25) is 0 Å². The Kier molecular flexibility index (Phi) is 3.65. The number of benzene rings is 1. The van der Waals surface area contributed by atoms with Crippen molar-refractivity contribution in [2.75, 3.05) is 25.0 Å². The molecule has 0 radical (unpaired) electrons. The van der Waals surface area contributed by atoms with Crippen LogP contribution in [0.3, 0.4) is 0 Å². The fourth-order valence-corrected chi connectivity index (χ4v) is 2.78. The lowest BCUT2D eigenvalue weighted by Crippen LogP contribution is -2.38. The first-order chi connectivity index (χ1) is 9.35. The van der Waals surface area contributed by atoms with Crippen molar-refractivity contribution in [2.24, 2.45) is 0 Å². The van der Waals surface area contributed by atoms with Gasteiger partial charge in [-0.3, -0.25) is 4.98 Å². The second-order valence-corrected chi connectivity index (χ2v) is 5.27. The summed E-state index contributed by atoms with van der Waals surface area (Å²) < 4.78 is 0. The topological polar surface area (TPSA) is 28.2 Å². The minimum absolute atomic E-state index is 0.589. The van der Waals surface area contributed by atoms with Crippen LogP contribution in [0.15, 0.2) is 36.5 Å². The molecule has 3 nitrogen and oxygen atoms in total. The van der Waals surface area contributed by atoms with Gasteiger partial charge in [0.1, 0.15) is 0 Å². The van der Waals surface area contributed by atoms with Gasteiger partial charge >= 0.3 is 0 Å². The molecule has 3 rings (SSSR count). The number of hydrogen-bond acceptors (Lipinski definition) is 3. The SMILES string of the molecule is CCN1CCC(Nc2cnc3ccccc3c2)CC1. The van der Waals surface area contributed by atoms with E-state index in [1.807, 2.05) is 12.3 Å². The molecule has 0 aliphatic carbocycles. The van der Waals surface area contributed by atoms with Crippen molar-refractivity contribution in [1.82, 2.24) is 9.88 Å². The summed E-state index contributed by atoms with van der Waals surface area (Å²) >= 11 is 0. The Morgan fingerprint density at radius 1 is 1.26 bits per heavy atom. The van der Waals surface area contributed by atoms with Gasteiger partial charge in [-0.2, -0.15) is 0 Å². The van der Waals surface area contributed by atoms with Crippen LogP contribution >= 0.6 is 0 Å². The minimum Gasteiger partial charge on any atom is -0.381 e. The summed E-state index contributed by atoms with van der Waals surface area (Å²) in [7, 11) is 0. The Morgan fingerprint density at radius 2 is 2.05 bits per heavy atom. The predicted octanol–water partition coefficient (Wildman–Crippen LogP) is 3.13. The third-order valence-corrected chi connectivity index (χ3v) is 4.00. The monoisotopic (exact) mass is 255 g/mol. The lowest BCUT2D eigenvalue weighted by atomic mass is 10.0. The van der Waals surface area contributed by atoms with Crippen molar-refractivity contribution in [3.8, 4) is 0 Å². The Hall–Kier alpha value is -1.61. The first-order valence-corrected chi connectivity index (χ1v) is 7.19. The maximum Gasteiger partial charge on any atom is 0.0703 e. The molecule has 0 unspecified atom stereocenters. The molecule has 1 fully saturated rings. The van der Waals surface area contributed by atoms with Crippen LogP contribution in [0.25, 0.3) is 10.9 Å². The van der Waals surface area contributed by atoms with E-state index in [2.05, 4.69) is 46.4 Å². The van der Waals surface area contributed by atoms with Crippen molar-refractivity contribution in [2.45, 2.75) is 25.8 Å². The molecule has 19 heavy (non-hydrogen) atoms. The summed E-state index contributed by atoms with van der Waals surface area (Å²) in [5, 5.41) is 4.84. The van der Waals surface area contributed by atoms with E-state index in [0.717, 1.165) is 11.2 Å². The lowest BCUT2D eigenvalue weighted by Gasteiger charge is -2.31. The van der Waals surface area contributed by atoms with Gasteiger partial charge in [-0.05, 0) is 31.5 Å². The average molecular weight is 255 g/mol. The average Bonchev–Trinajstić information content (AvgIpc) is 2.48. The molecule has 2 aromatic rings. The Bertz CT molecular complexity index is 544. The third kappa shape index (κ3) is 2.87. The van der Waals surface area contributed by atoms with Crippen LogP contribution in [0.4, 0.5) is 5.69 Å². The molecule has 0 amide bonds. The molecular weight excluding hydrogens is 234 g/mol. The minimum atomic E-state index is 0.589. The molecule has 0 spiro atoms. The molecule has 3 heteroatoms. The highest BCUT2D eigenvalue weighted by atomic mass is 15.1. The second kappa shape index (κ2) is 5.57. The standard InChI is InChI=1S/C16H21N3/c1-2-19-9-7-14(8-10-19)18-15-11-13-5-3-4-6-16(13)17-12-15/h3-6,11-12,14,18H,2,7-10H2,1H3. The number of fused-ring (bicyclic) bond motifs is 1. The van der Waals surface area contributed by atoms with Gasteiger partial charge in [0, 0.05) is 24.5 Å². The van der Waals surface area contributed by atoms with E-state index in [4.69, 9.17) is 0 Å². The predicted molar refractivity (Wildman–Crippen MR) is 80.5 cm³/mol. The summed E-state index contributed by atoms with van der Waals surface area (Å²) in [6, 6.07) is 11.1. The molecule has 0 atom stereocenters. The normalized spacial score (nSPS) is 17.7. The van der Waals surface area contributed by atoms with Crippen LogP contribution in [-0.4, -0.2) is 35.6 Å². The fraction of sp³-hybridized carbons (Fsp3) is 0.438. The zero-order valence-electron chi connectivity index (χ0n) is 11.5. The van der Waals surface area contributed by atoms with Gasteiger partial charge in [-0.25, -0.2) is 0 Å². The molecule has 1 N–H and O–H groups in total. The first kappa shape index (κ1) is 12.4. The summed E-state index contributed by atoms with van der Waals surface area (Å²) in [4.78, 5) is 7.02. The molecule has 1 aliphatic rings. The summed E-state index contributed by atoms with van der Waals surface area (Å²) in [6.45, 7) is 5.82. The molecule has 2 heterocycles. The molecule has 1 aliphatic heterocycles. The largest absolute Gasteiger partial charge is 0.381 e. The number of rotatable bonds is 3. The van der Waals surface area contributed by atoms with Gasteiger partial charge < -0.3 is 10.2 Å². The van der Waals surface area contributed by atoms with Crippen molar-refractivity contribution in [1.29, 1.82) is 0 Å². The van der Waals surface area contributed by atoms with Crippen LogP contribution in [0, 0.1) is 0 Å². The molecule has 100 valence electrons.